The van der Waals surface area contributed by atoms with Crippen molar-refractivity contribution in [3.05, 3.63) is 58.1 Å². The molecule has 0 radical (unpaired) electrons. The molecule has 0 atom stereocenters. The molecule has 4 rings (SSSR count). The molecule has 0 aromatic heterocycles. The second kappa shape index (κ2) is 8.02. The Hall–Kier alpha value is -3.62. The number of nitrogens with one attached hydrogen (secondary N) is 1. The minimum atomic E-state index is -0.548. The number of esters is 1. The number of pyridine rings is 1. The Bertz CT molecular complexity index is 1090. The number of nitrogens with zero attached hydrogens (tertiary/aromatic N) is 3. The van der Waals surface area contributed by atoms with E-state index in [9.17, 15) is 14.4 Å². The van der Waals surface area contributed by atoms with Crippen molar-refractivity contribution in [3.8, 4) is 17.0 Å². The maximum absolute atomic E-state index is 12.8. The van der Waals surface area contributed by atoms with Gasteiger partial charge in [0.25, 0.3) is 11.5 Å². The molecule has 9 nitrogen and oxygen atoms in total. The van der Waals surface area contributed by atoms with Crippen LogP contribution in [0.15, 0.2) is 41.5 Å². The maximum atomic E-state index is 12.8. The number of amides is 1. The molecular formula is C21H22N4O5. The van der Waals surface area contributed by atoms with E-state index in [1.165, 1.54) is 7.11 Å². The predicted molar refractivity (Wildman–Crippen MR) is 108 cm³/mol. The Morgan fingerprint density at radius 2 is 1.80 bits per heavy atom. The number of benzene rings is 1. The van der Waals surface area contributed by atoms with Gasteiger partial charge in [-0.25, -0.2) is 9.89 Å². The van der Waals surface area contributed by atoms with Crippen molar-refractivity contribution in [2.24, 2.45) is 0 Å². The van der Waals surface area contributed by atoms with Crippen LogP contribution in [0.1, 0.15) is 39.6 Å². The number of H-pyrrole nitrogens is 1. The molecule has 9 heteroatoms. The van der Waals surface area contributed by atoms with Gasteiger partial charge in [0.05, 0.1) is 19.8 Å². The number of hydrogen-bond donors (Lipinski definition) is 1. The number of rotatable bonds is 4. The topological polar surface area (TPSA) is 107 Å². The van der Waals surface area contributed by atoms with Crippen molar-refractivity contribution in [2.75, 3.05) is 27.3 Å². The second-order valence-electron chi connectivity index (χ2n) is 7.18. The van der Waals surface area contributed by atoms with Crippen LogP contribution in [0, 0.1) is 0 Å². The van der Waals surface area contributed by atoms with Crippen LogP contribution in [-0.2, 0) is 4.74 Å². The van der Waals surface area contributed by atoms with Crippen LogP contribution in [0.5, 0.6) is 5.75 Å². The van der Waals surface area contributed by atoms with E-state index in [4.69, 9.17) is 9.47 Å². The largest absolute Gasteiger partial charge is 0.497 e. The van der Waals surface area contributed by atoms with Crippen LogP contribution in [0.2, 0.25) is 0 Å². The number of carbonyl (C=O) groups is 2. The quantitative estimate of drug-likeness (QED) is 0.659. The normalized spacial score (nSPS) is 14.7. The summed E-state index contributed by atoms with van der Waals surface area (Å²) in [5, 5.41) is 6.33. The third-order valence-corrected chi connectivity index (χ3v) is 5.50. The van der Waals surface area contributed by atoms with Gasteiger partial charge in [-0.05, 0) is 37.1 Å². The van der Waals surface area contributed by atoms with Gasteiger partial charge in [0.15, 0.2) is 0 Å². The first kappa shape index (κ1) is 19.7. The first-order chi connectivity index (χ1) is 14.5. The molecule has 3 aliphatic rings. The van der Waals surface area contributed by atoms with E-state index < -0.39 is 5.97 Å². The smallest absolute Gasteiger partial charge is 0.341 e. The molecule has 1 aromatic carbocycles. The Labute approximate surface area is 172 Å². The average molecular weight is 410 g/mol. The van der Waals surface area contributed by atoms with Crippen molar-refractivity contribution in [2.45, 2.75) is 18.9 Å². The van der Waals surface area contributed by atoms with Crippen molar-refractivity contribution >= 4 is 11.9 Å². The lowest BCUT2D eigenvalue weighted by Crippen LogP contribution is -2.39. The number of likely N-dealkylation sites (tertiary alicyclic amines) is 1. The van der Waals surface area contributed by atoms with Crippen molar-refractivity contribution in [1.29, 1.82) is 0 Å². The van der Waals surface area contributed by atoms with Gasteiger partial charge in [0.1, 0.15) is 17.0 Å². The highest BCUT2D eigenvalue weighted by molar-refractivity contribution is 5.96. The number of ether oxygens (including phenoxy) is 2. The number of aromatic nitrogens is 3. The minimum Gasteiger partial charge on any atom is -0.497 e. The van der Waals surface area contributed by atoms with E-state index >= 15 is 0 Å². The van der Waals surface area contributed by atoms with Gasteiger partial charge >= 0.3 is 5.97 Å². The summed E-state index contributed by atoms with van der Waals surface area (Å²) in [6.45, 7) is 1.15. The molecule has 0 aliphatic carbocycles. The molecule has 0 saturated carbocycles. The van der Waals surface area contributed by atoms with Crippen LogP contribution >= 0.6 is 0 Å². The van der Waals surface area contributed by atoms with Gasteiger partial charge in [-0.15, -0.1) is 0 Å². The van der Waals surface area contributed by atoms with Gasteiger partial charge in [0, 0.05) is 37.1 Å². The molecule has 3 aliphatic heterocycles. The number of aromatic amines is 1. The molecule has 1 amide bonds. The zero-order chi connectivity index (χ0) is 21.3. The van der Waals surface area contributed by atoms with Crippen molar-refractivity contribution < 1.29 is 19.1 Å². The first-order valence-electron chi connectivity index (χ1n) is 9.63. The zero-order valence-electron chi connectivity index (χ0n) is 16.8. The summed E-state index contributed by atoms with van der Waals surface area (Å²) in [5.41, 5.74) is 1.15. The average Bonchev–Trinajstić information content (AvgIpc) is 3.18. The van der Waals surface area contributed by atoms with Gasteiger partial charge < -0.3 is 18.9 Å². The molecule has 0 unspecified atom stereocenters. The molecule has 1 aromatic rings. The van der Waals surface area contributed by atoms with Gasteiger partial charge in [-0.2, -0.15) is 5.10 Å². The van der Waals surface area contributed by atoms with Gasteiger partial charge in [0.2, 0.25) is 0 Å². The van der Waals surface area contributed by atoms with E-state index in [2.05, 4.69) is 10.2 Å². The number of methoxy groups -OCH3 is 2. The van der Waals surface area contributed by atoms with Crippen LogP contribution in [0.4, 0.5) is 0 Å². The van der Waals surface area contributed by atoms with Crippen LogP contribution in [0.3, 0.4) is 0 Å². The summed E-state index contributed by atoms with van der Waals surface area (Å²) in [6.07, 6.45) is 4.77. The highest BCUT2D eigenvalue weighted by Gasteiger charge is 2.27. The number of hydrogen-bond acceptors (Lipinski definition) is 6. The highest BCUT2D eigenvalue weighted by atomic mass is 16.5. The lowest BCUT2D eigenvalue weighted by molar-refractivity contribution is 0.0600. The van der Waals surface area contributed by atoms with E-state index in [0.717, 1.165) is 0 Å². The number of fused-ring (bicyclic) bond motifs is 1. The SMILES string of the molecule is COC(=O)c1cn(C2CCN(C(=O)c3ccc(OC)cc3)CC2)cc2c(=O)[nH]nc1-2. The second-order valence-corrected chi connectivity index (χ2v) is 7.18. The summed E-state index contributed by atoms with van der Waals surface area (Å²) in [6, 6.07) is 7.10. The highest BCUT2D eigenvalue weighted by Crippen LogP contribution is 2.28. The Morgan fingerprint density at radius 3 is 2.43 bits per heavy atom. The van der Waals surface area contributed by atoms with E-state index in [1.807, 2.05) is 9.47 Å². The van der Waals surface area contributed by atoms with E-state index in [1.54, 1.807) is 43.8 Å². The maximum Gasteiger partial charge on any atom is 0.341 e. The third-order valence-electron chi connectivity index (χ3n) is 5.50. The van der Waals surface area contributed by atoms with Crippen LogP contribution in [0.25, 0.3) is 11.3 Å². The lowest BCUT2D eigenvalue weighted by Gasteiger charge is -2.33. The molecule has 1 fully saturated rings. The molecule has 1 saturated heterocycles. The van der Waals surface area contributed by atoms with Crippen LogP contribution < -0.4 is 10.3 Å². The minimum absolute atomic E-state index is 0.0246. The predicted octanol–water partition coefficient (Wildman–Crippen LogP) is 1.95. The Balaban J connectivity index is 1.52. The lowest BCUT2D eigenvalue weighted by atomic mass is 10.0. The van der Waals surface area contributed by atoms with Gasteiger partial charge in [-0.3, -0.25) is 9.59 Å². The Kier molecular flexibility index (Phi) is 5.26. The fraction of sp³-hybridized carbons (Fsp3) is 0.333. The van der Waals surface area contributed by atoms with Crippen molar-refractivity contribution in [1.82, 2.24) is 19.7 Å². The summed E-state index contributed by atoms with van der Waals surface area (Å²) in [5.74, 6) is 0.131. The fourth-order valence-electron chi connectivity index (χ4n) is 3.81. The molecular weight excluding hydrogens is 388 g/mol. The molecule has 156 valence electrons. The first-order valence-corrected chi connectivity index (χ1v) is 9.63. The standard InChI is InChI=1S/C21H22N4O5/c1-29-15-5-3-13(4-6-15)20(27)24-9-7-14(8-10-24)25-11-16-18(22-23-19(16)26)17(12-25)21(28)30-2/h3-6,11-12,14H,7-10H2,1-2H3,(H,23,26). The van der Waals surface area contributed by atoms with Crippen molar-refractivity contribution in [3.63, 3.8) is 0 Å². The number of piperidine rings is 1. The molecule has 0 bridgehead atoms. The Morgan fingerprint density at radius 1 is 1.10 bits per heavy atom. The molecule has 30 heavy (non-hydrogen) atoms. The summed E-state index contributed by atoms with van der Waals surface area (Å²) >= 11 is 0. The van der Waals surface area contributed by atoms with Crippen LogP contribution in [-0.4, -0.2) is 58.8 Å². The summed E-state index contributed by atoms with van der Waals surface area (Å²) in [4.78, 5) is 38.8. The monoisotopic (exact) mass is 410 g/mol. The summed E-state index contributed by atoms with van der Waals surface area (Å²) < 4.78 is 11.8. The fourth-order valence-corrected chi connectivity index (χ4v) is 3.81. The molecule has 1 N–H and O–H groups in total. The summed E-state index contributed by atoms with van der Waals surface area (Å²) in [7, 11) is 2.88. The van der Waals surface area contributed by atoms with Gasteiger partial charge in [-0.1, -0.05) is 0 Å². The molecule has 3 heterocycles. The third kappa shape index (κ3) is 3.54. The number of carbonyl (C=O) groups excluding carboxylic acids is 2. The molecule has 0 spiro atoms. The zero-order valence-corrected chi connectivity index (χ0v) is 16.8. The van der Waals surface area contributed by atoms with E-state index in [-0.39, 0.29) is 23.1 Å². The van der Waals surface area contributed by atoms with E-state index in [0.29, 0.717) is 48.5 Å².